The van der Waals surface area contributed by atoms with Gasteiger partial charge in [0.25, 0.3) is 0 Å². The van der Waals surface area contributed by atoms with E-state index < -0.39 is 20.0 Å². The number of nitrogens with zero attached hydrogens (tertiary/aromatic N) is 6. The van der Waals surface area contributed by atoms with Gasteiger partial charge in [-0.25, -0.2) is 26.3 Å². The molecule has 0 saturated heterocycles. The van der Waals surface area contributed by atoms with Crippen LogP contribution in [0.5, 0.6) is 23.3 Å². The van der Waals surface area contributed by atoms with Crippen LogP contribution in [0.2, 0.25) is 10.0 Å². The number of hydrogen-bond donors (Lipinski definition) is 8. The molecule has 8 N–H and O–H groups in total. The number of aryl methyl sites for hydroxylation is 2. The summed E-state index contributed by atoms with van der Waals surface area (Å²) in [7, 11) is -4.83. The Morgan fingerprint density at radius 1 is 0.579 bits per heavy atom. The topological polar surface area (TPSA) is 261 Å². The number of phenolic OH excluding ortho intramolecular Hbond substituents is 2. The maximum atomic E-state index is 11.9. The average Bonchev–Trinajstić information content (AvgIpc) is 3.62. The number of benzene rings is 4. The van der Waals surface area contributed by atoms with Crippen molar-refractivity contribution in [1.82, 2.24) is 29.0 Å². The van der Waals surface area contributed by atoms with Crippen molar-refractivity contribution in [2.45, 2.75) is 23.6 Å². The third-order valence-corrected chi connectivity index (χ3v) is 11.2. The molecule has 2 heterocycles. The molecular formula is C34H34Cl2CrN10O8S2. The second-order valence-electron chi connectivity index (χ2n) is 11.5. The van der Waals surface area contributed by atoms with Gasteiger partial charge in [-0.2, -0.15) is 19.6 Å². The average molecular weight is 898 g/mol. The second-order valence-corrected chi connectivity index (χ2v) is 16.2. The van der Waals surface area contributed by atoms with E-state index in [0.29, 0.717) is 32.8 Å². The van der Waals surface area contributed by atoms with Crippen molar-refractivity contribution in [1.29, 1.82) is 0 Å². The van der Waals surface area contributed by atoms with Crippen LogP contribution in [0.1, 0.15) is 11.4 Å². The summed E-state index contributed by atoms with van der Waals surface area (Å²) < 4.78 is 54.6. The van der Waals surface area contributed by atoms with Gasteiger partial charge in [0, 0.05) is 10.0 Å². The summed E-state index contributed by atoms with van der Waals surface area (Å²) >= 11 is 11.7. The predicted octanol–water partition coefficient (Wildman–Crippen LogP) is 6.37. The van der Waals surface area contributed by atoms with Gasteiger partial charge in [-0.05, 0) is 101 Å². The van der Waals surface area contributed by atoms with Crippen LogP contribution < -0.4 is 20.3 Å². The van der Waals surface area contributed by atoms with Crippen molar-refractivity contribution in [3.8, 4) is 34.6 Å². The maximum Gasteiger partial charge on any atom is 2.00 e. The Kier molecular flexibility index (Phi) is 14.2. The zero-order valence-corrected chi connectivity index (χ0v) is 34.6. The summed E-state index contributed by atoms with van der Waals surface area (Å²) in [6, 6.07) is 20.7. The molecular weight excluding hydrogens is 863 g/mol. The largest absolute Gasteiger partial charge is 2.00 e. The SMILES string of the molecule is CNS(=O)(=O)c1ccc(O)c([N-]Nc2c(C)nn(-c3ccc(Cl)cc3)c2O)c1.CNS(=O)(=O)c1ccc(O)c([N-]Nc2c(C)nn(-c3ccc(Cl)cc3)c2O)c1.[Cr+2]. The molecule has 0 fully saturated rings. The quantitative estimate of drug-likeness (QED) is 0.0624. The zero-order chi connectivity index (χ0) is 40.9. The molecule has 300 valence electrons. The first-order valence-electron chi connectivity index (χ1n) is 16.0. The van der Waals surface area contributed by atoms with Gasteiger partial charge >= 0.3 is 17.4 Å². The number of aromatic nitrogens is 4. The molecule has 6 rings (SSSR count). The standard InChI is InChI=1S/2C17H17ClN5O4S.Cr/c2*1-10-16(17(25)23(22-10)12-5-3-11(18)4-6-12)21-20-14-9-13(7-8-15(14)24)28(26,27)19-2;/h2*3-9,19,21,24H,1-2H3,(H,22,25);/q2*-1;+2. The molecule has 0 spiro atoms. The van der Waals surface area contributed by atoms with Crippen LogP contribution in [0.25, 0.3) is 22.2 Å². The third-order valence-electron chi connectivity index (χ3n) is 7.84. The molecule has 6 aromatic rings. The van der Waals surface area contributed by atoms with Gasteiger partial charge in [0.15, 0.2) is 0 Å². The van der Waals surface area contributed by atoms with Gasteiger partial charge in [-0.1, -0.05) is 46.7 Å². The minimum atomic E-state index is -3.70. The summed E-state index contributed by atoms with van der Waals surface area (Å²) in [6.07, 6.45) is 0. The van der Waals surface area contributed by atoms with Crippen LogP contribution >= 0.6 is 23.2 Å². The van der Waals surface area contributed by atoms with Crippen LogP contribution in [0.15, 0.2) is 94.7 Å². The molecule has 0 aliphatic carbocycles. The Morgan fingerprint density at radius 3 is 1.23 bits per heavy atom. The summed E-state index contributed by atoms with van der Waals surface area (Å²) in [5.41, 5.74) is 15.7. The van der Waals surface area contributed by atoms with Gasteiger partial charge in [0.2, 0.25) is 31.8 Å². The fourth-order valence-electron chi connectivity index (χ4n) is 4.80. The van der Waals surface area contributed by atoms with Crippen molar-refractivity contribution in [3.63, 3.8) is 0 Å². The fraction of sp³-hybridized carbons (Fsp3) is 0.118. The van der Waals surface area contributed by atoms with E-state index in [1.807, 2.05) is 0 Å². The fourth-order valence-corrected chi connectivity index (χ4v) is 6.56. The Balaban J connectivity index is 0.000000248. The third kappa shape index (κ3) is 10.1. The molecule has 2 aromatic heterocycles. The molecule has 0 unspecified atom stereocenters. The van der Waals surface area contributed by atoms with Crippen LogP contribution in [0.3, 0.4) is 0 Å². The zero-order valence-electron chi connectivity index (χ0n) is 30.2. The summed E-state index contributed by atoms with van der Waals surface area (Å²) in [5.74, 6) is -0.876. The Morgan fingerprint density at radius 2 is 0.912 bits per heavy atom. The van der Waals surface area contributed by atoms with Gasteiger partial charge in [0.1, 0.15) is 22.9 Å². The number of anilines is 2. The molecule has 0 bridgehead atoms. The van der Waals surface area contributed by atoms with E-state index >= 15 is 0 Å². The molecule has 0 saturated carbocycles. The van der Waals surface area contributed by atoms with E-state index in [-0.39, 0.29) is 73.2 Å². The first-order chi connectivity index (χ1) is 26.4. The Bertz CT molecular complexity index is 2410. The predicted molar refractivity (Wildman–Crippen MR) is 212 cm³/mol. The molecule has 0 radical (unpaired) electrons. The van der Waals surface area contributed by atoms with Crippen LogP contribution in [-0.4, -0.2) is 70.9 Å². The minimum absolute atomic E-state index is 0. The van der Waals surface area contributed by atoms with Gasteiger partial charge in [-0.3, -0.25) is 0 Å². The summed E-state index contributed by atoms with van der Waals surface area (Å²) in [4.78, 5) is -0.127. The van der Waals surface area contributed by atoms with E-state index in [1.54, 1.807) is 62.4 Å². The van der Waals surface area contributed by atoms with E-state index in [4.69, 9.17) is 23.2 Å². The van der Waals surface area contributed by atoms with Crippen molar-refractivity contribution in [3.05, 3.63) is 117 Å². The molecule has 57 heavy (non-hydrogen) atoms. The maximum absolute atomic E-state index is 11.9. The second kappa shape index (κ2) is 18.3. The van der Waals surface area contributed by atoms with Crippen molar-refractivity contribution in [2.24, 2.45) is 0 Å². The number of halogens is 2. The molecule has 0 aliphatic rings. The van der Waals surface area contributed by atoms with E-state index in [1.165, 1.54) is 59.9 Å². The first kappa shape index (κ1) is 44.3. The van der Waals surface area contributed by atoms with E-state index in [0.717, 1.165) is 0 Å². The molecule has 0 aliphatic heterocycles. The Hall–Kier alpha value is -5.37. The van der Waals surface area contributed by atoms with Gasteiger partial charge < -0.3 is 42.1 Å². The molecule has 4 aromatic carbocycles. The van der Waals surface area contributed by atoms with E-state index in [9.17, 15) is 37.3 Å². The number of nitrogens with one attached hydrogen (secondary N) is 4. The Labute approximate surface area is 348 Å². The smallest absolute Gasteiger partial charge is 0.594 e. The van der Waals surface area contributed by atoms with Crippen LogP contribution in [-0.2, 0) is 37.4 Å². The van der Waals surface area contributed by atoms with Gasteiger partial charge in [-0.15, -0.1) is 0 Å². The first-order valence-corrected chi connectivity index (χ1v) is 19.7. The number of sulfonamides is 2. The molecule has 0 atom stereocenters. The number of aromatic hydroxyl groups is 4. The molecule has 0 amide bonds. The summed E-state index contributed by atoms with van der Waals surface area (Å²) in [5, 5.41) is 50.5. The minimum Gasteiger partial charge on any atom is -0.594 e. The molecule has 23 heteroatoms. The van der Waals surface area contributed by atoms with Crippen molar-refractivity contribution < 1.29 is 54.6 Å². The normalized spacial score (nSPS) is 11.2. The molecule has 18 nitrogen and oxygen atoms in total. The summed E-state index contributed by atoms with van der Waals surface area (Å²) in [6.45, 7) is 3.32. The number of hydrogen-bond acceptors (Lipinski definition) is 12. The van der Waals surface area contributed by atoms with Crippen LogP contribution in [0, 0.1) is 13.8 Å². The number of rotatable bonds is 12. The van der Waals surface area contributed by atoms with Crippen molar-refractivity contribution in [2.75, 3.05) is 24.9 Å². The van der Waals surface area contributed by atoms with Crippen LogP contribution in [0.4, 0.5) is 22.7 Å². The van der Waals surface area contributed by atoms with E-state index in [2.05, 4.69) is 41.3 Å². The van der Waals surface area contributed by atoms with Crippen molar-refractivity contribution >= 4 is 66.0 Å². The number of phenols is 2. The van der Waals surface area contributed by atoms with Gasteiger partial charge in [0.05, 0.1) is 32.6 Å². The monoisotopic (exact) mass is 896 g/mol.